The van der Waals surface area contributed by atoms with Gasteiger partial charge < -0.3 is 16.4 Å². The summed E-state index contributed by atoms with van der Waals surface area (Å²) < 4.78 is 0. The maximum absolute atomic E-state index is 11.5. The minimum Gasteiger partial charge on any atom is -0.391 e. The molecule has 4 saturated heterocycles. The highest BCUT2D eigenvalue weighted by atomic mass is 35.5. The molecule has 4 fully saturated rings. The number of aromatic nitrogens is 3. The first-order valence-corrected chi connectivity index (χ1v) is 16.0. The summed E-state index contributed by atoms with van der Waals surface area (Å²) in [6.45, 7) is 18.9. The van der Waals surface area contributed by atoms with E-state index >= 15 is 0 Å². The standard InChI is InChI=1S/C16H21ClN4.C15H22ClN5O/c1-16(2)9-11(7-12-5-4-6-21(12)16)20-13-8-15(17)19-10-14(13)18-3;1-15(2)7-9(6-10-4-3-5-21(10)15)19-13-11(12(17)22)8-18-14(16)20-13/h8,10-12H,4-7,9H2,1-2H3,(H,19,20);8-10H,3-7H2,1-2H3,(H2,17,22)(H,18,19,20)/t11-,12+;9-,10+/m11/s1. The van der Waals surface area contributed by atoms with Crippen molar-refractivity contribution in [3.05, 3.63) is 45.9 Å². The highest BCUT2D eigenvalue weighted by Crippen LogP contribution is 2.40. The molecule has 4 aliphatic heterocycles. The van der Waals surface area contributed by atoms with Crippen LogP contribution in [0.3, 0.4) is 0 Å². The highest BCUT2D eigenvalue weighted by molar-refractivity contribution is 6.29. The van der Waals surface area contributed by atoms with Gasteiger partial charge in [0.1, 0.15) is 11.0 Å². The first-order valence-electron chi connectivity index (χ1n) is 15.3. The molecule has 43 heavy (non-hydrogen) atoms. The number of amides is 1. The summed E-state index contributed by atoms with van der Waals surface area (Å²) >= 11 is 11.8. The Hall–Kier alpha value is -2.71. The molecule has 4 atom stereocenters. The van der Waals surface area contributed by atoms with Crippen molar-refractivity contribution in [3.63, 3.8) is 0 Å². The fraction of sp³-hybridized carbons (Fsp3) is 0.645. The van der Waals surface area contributed by atoms with Crippen LogP contribution in [-0.4, -0.2) is 79.0 Å². The van der Waals surface area contributed by atoms with E-state index in [1.54, 1.807) is 12.3 Å². The quantitative estimate of drug-likeness (QED) is 0.205. The molecule has 4 N–H and O–H groups in total. The van der Waals surface area contributed by atoms with Crippen LogP contribution in [0, 0.1) is 6.57 Å². The SMILES string of the molecule is CC1(C)C[C@H](Nc2nc(Cl)ncc2C(N)=O)C[C@@H]2CCCN21.[C-]#[N+]c1cnc(Cl)cc1N[C@@H]1C[C@@H]2CCCN2C(C)(C)C1. The van der Waals surface area contributed by atoms with Crippen molar-refractivity contribution in [2.75, 3.05) is 23.7 Å². The van der Waals surface area contributed by atoms with Gasteiger partial charge in [-0.05, 0) is 110 Å². The number of hydrogen-bond donors (Lipinski definition) is 3. The molecule has 1 amide bonds. The summed E-state index contributed by atoms with van der Waals surface area (Å²) in [6.07, 6.45) is 12.3. The number of piperidine rings is 2. The van der Waals surface area contributed by atoms with E-state index in [1.165, 1.54) is 45.0 Å². The van der Waals surface area contributed by atoms with E-state index in [0.29, 0.717) is 34.8 Å². The number of pyridine rings is 1. The lowest BCUT2D eigenvalue weighted by atomic mass is 9.83. The third-order valence-corrected chi connectivity index (χ3v) is 10.00. The molecular formula is C31H43Cl2N9O. The number of anilines is 2. The molecule has 0 saturated carbocycles. The van der Waals surface area contributed by atoms with Crippen LogP contribution in [0.15, 0.2) is 18.5 Å². The predicted octanol–water partition coefficient (Wildman–Crippen LogP) is 6.15. The number of carbonyl (C=O) groups excluding carboxylic acids is 1. The summed E-state index contributed by atoms with van der Waals surface area (Å²) in [4.78, 5) is 32.3. The number of halogens is 2. The second-order valence-electron chi connectivity index (χ2n) is 13.6. The van der Waals surface area contributed by atoms with Gasteiger partial charge >= 0.3 is 0 Å². The number of nitrogens with two attached hydrogens (primary N) is 1. The van der Waals surface area contributed by atoms with Crippen LogP contribution < -0.4 is 16.4 Å². The Bertz CT molecular complexity index is 1380. The Balaban J connectivity index is 0.000000171. The van der Waals surface area contributed by atoms with Crippen molar-refractivity contribution in [1.29, 1.82) is 0 Å². The normalized spacial score (nSPS) is 27.7. The molecule has 2 aromatic rings. The third kappa shape index (κ3) is 7.17. The van der Waals surface area contributed by atoms with E-state index in [-0.39, 0.29) is 28.0 Å². The average molecular weight is 629 g/mol. The predicted molar refractivity (Wildman–Crippen MR) is 172 cm³/mol. The summed E-state index contributed by atoms with van der Waals surface area (Å²) in [5.41, 5.74) is 7.40. The average Bonchev–Trinajstić information content (AvgIpc) is 3.59. The summed E-state index contributed by atoms with van der Waals surface area (Å²) in [5, 5.41) is 7.47. The lowest BCUT2D eigenvalue weighted by Gasteiger charge is -2.48. The Morgan fingerprint density at radius 3 is 2.12 bits per heavy atom. The van der Waals surface area contributed by atoms with E-state index in [9.17, 15) is 4.79 Å². The maximum Gasteiger partial charge on any atom is 0.254 e. The van der Waals surface area contributed by atoms with Gasteiger partial charge in [0.25, 0.3) is 5.91 Å². The van der Waals surface area contributed by atoms with Gasteiger partial charge in [0.15, 0.2) is 0 Å². The lowest BCUT2D eigenvalue weighted by Crippen LogP contribution is -2.55. The summed E-state index contributed by atoms with van der Waals surface area (Å²) in [5.74, 6) is -0.100. The Morgan fingerprint density at radius 2 is 1.56 bits per heavy atom. The molecule has 0 aliphatic carbocycles. The third-order valence-electron chi connectivity index (χ3n) is 9.61. The zero-order chi connectivity index (χ0) is 30.9. The molecule has 0 radical (unpaired) electrons. The Kier molecular flexibility index (Phi) is 9.38. The molecule has 12 heteroatoms. The number of primary amides is 1. The molecule has 6 rings (SSSR count). The van der Waals surface area contributed by atoms with Gasteiger partial charge in [-0.1, -0.05) is 11.6 Å². The first kappa shape index (κ1) is 31.7. The molecule has 10 nitrogen and oxygen atoms in total. The van der Waals surface area contributed by atoms with E-state index in [0.717, 1.165) is 31.4 Å². The summed E-state index contributed by atoms with van der Waals surface area (Å²) in [7, 11) is 0. The largest absolute Gasteiger partial charge is 0.391 e. The van der Waals surface area contributed by atoms with Crippen LogP contribution >= 0.6 is 23.2 Å². The van der Waals surface area contributed by atoms with Crippen LogP contribution in [0.1, 0.15) is 89.4 Å². The van der Waals surface area contributed by atoms with Crippen molar-refractivity contribution < 1.29 is 4.79 Å². The van der Waals surface area contributed by atoms with Gasteiger partial charge in [0.2, 0.25) is 11.0 Å². The smallest absolute Gasteiger partial charge is 0.254 e. The zero-order valence-corrected chi connectivity index (χ0v) is 27.0. The topological polar surface area (TPSA) is 117 Å². The summed E-state index contributed by atoms with van der Waals surface area (Å²) in [6, 6.07) is 3.66. The first-order chi connectivity index (χ1) is 20.4. The fourth-order valence-electron chi connectivity index (χ4n) is 7.93. The molecule has 4 aliphatic rings. The van der Waals surface area contributed by atoms with Crippen molar-refractivity contribution in [2.45, 2.75) is 114 Å². The van der Waals surface area contributed by atoms with Crippen molar-refractivity contribution in [2.24, 2.45) is 5.73 Å². The van der Waals surface area contributed by atoms with Crippen LogP contribution in [-0.2, 0) is 0 Å². The van der Waals surface area contributed by atoms with Gasteiger partial charge in [-0.2, -0.15) is 4.98 Å². The van der Waals surface area contributed by atoms with E-state index in [1.807, 2.05) is 0 Å². The van der Waals surface area contributed by atoms with E-state index in [4.69, 9.17) is 35.5 Å². The molecule has 0 unspecified atom stereocenters. The number of hydrogen-bond acceptors (Lipinski definition) is 8. The van der Waals surface area contributed by atoms with Crippen molar-refractivity contribution >= 4 is 46.3 Å². The molecule has 0 bridgehead atoms. The molecule has 0 aromatic carbocycles. The van der Waals surface area contributed by atoms with E-state index in [2.05, 4.69) is 67.9 Å². The number of nitrogens with one attached hydrogen (secondary N) is 2. The lowest BCUT2D eigenvalue weighted by molar-refractivity contribution is 0.0499. The molecule has 6 heterocycles. The number of carbonyl (C=O) groups is 1. The van der Waals surface area contributed by atoms with Gasteiger partial charge in [-0.15, -0.1) is 0 Å². The maximum atomic E-state index is 11.5. The molecule has 0 spiro atoms. The Labute approximate surface area is 264 Å². The zero-order valence-electron chi connectivity index (χ0n) is 25.5. The fourth-order valence-corrected chi connectivity index (χ4v) is 8.22. The number of nitrogens with zero attached hydrogens (tertiary/aromatic N) is 6. The van der Waals surface area contributed by atoms with Gasteiger partial charge in [-0.25, -0.2) is 9.83 Å². The molecule has 232 valence electrons. The van der Waals surface area contributed by atoms with Crippen molar-refractivity contribution in [3.8, 4) is 0 Å². The number of rotatable bonds is 5. The second-order valence-corrected chi connectivity index (χ2v) is 14.3. The molecular weight excluding hydrogens is 585 g/mol. The highest BCUT2D eigenvalue weighted by Gasteiger charge is 2.44. The van der Waals surface area contributed by atoms with Crippen LogP contribution in [0.2, 0.25) is 10.4 Å². The van der Waals surface area contributed by atoms with Crippen LogP contribution in [0.5, 0.6) is 0 Å². The van der Waals surface area contributed by atoms with Crippen LogP contribution in [0.25, 0.3) is 4.85 Å². The minimum atomic E-state index is -0.545. The van der Waals surface area contributed by atoms with Gasteiger partial charge in [0, 0.05) is 53.3 Å². The second kappa shape index (κ2) is 12.7. The van der Waals surface area contributed by atoms with Gasteiger partial charge in [-0.3, -0.25) is 19.6 Å². The minimum absolute atomic E-state index is 0.116. The van der Waals surface area contributed by atoms with E-state index < -0.39 is 5.91 Å². The molecule has 2 aromatic heterocycles. The monoisotopic (exact) mass is 627 g/mol. The Morgan fingerprint density at radius 1 is 0.977 bits per heavy atom. The van der Waals surface area contributed by atoms with Crippen LogP contribution in [0.4, 0.5) is 17.2 Å². The van der Waals surface area contributed by atoms with Crippen molar-refractivity contribution in [1.82, 2.24) is 24.8 Å². The number of fused-ring (bicyclic) bond motifs is 2. The van der Waals surface area contributed by atoms with Gasteiger partial charge in [0.05, 0.1) is 12.1 Å².